The third-order valence-electron chi connectivity index (χ3n) is 3.02. The van der Waals surface area contributed by atoms with Crippen molar-refractivity contribution in [1.29, 1.82) is 0 Å². The first-order valence-electron chi connectivity index (χ1n) is 5.70. The van der Waals surface area contributed by atoms with Crippen LogP contribution in [-0.2, 0) is 0 Å². The van der Waals surface area contributed by atoms with Crippen molar-refractivity contribution in [2.45, 2.75) is 38.6 Å². The predicted octanol–water partition coefficient (Wildman–Crippen LogP) is 2.98. The standard InChI is InChI=1S/C13H19NO/c1-9(2)10-5-6-13-11(8-10)12(14)4-3-7-15-13/h5-6,8-9,12H,3-4,7,14H2,1-2H3/t12-/m1/s1. The van der Waals surface area contributed by atoms with E-state index in [9.17, 15) is 0 Å². The van der Waals surface area contributed by atoms with Crippen LogP contribution in [0.2, 0.25) is 0 Å². The Hall–Kier alpha value is -1.02. The molecule has 0 aliphatic carbocycles. The van der Waals surface area contributed by atoms with Crippen LogP contribution in [0.4, 0.5) is 0 Å². The molecule has 2 N–H and O–H groups in total. The van der Waals surface area contributed by atoms with E-state index in [2.05, 4.69) is 32.0 Å². The zero-order valence-electron chi connectivity index (χ0n) is 9.49. The van der Waals surface area contributed by atoms with Crippen LogP contribution >= 0.6 is 0 Å². The van der Waals surface area contributed by atoms with Crippen molar-refractivity contribution in [3.63, 3.8) is 0 Å². The highest BCUT2D eigenvalue weighted by molar-refractivity contribution is 5.40. The molecule has 0 saturated carbocycles. The lowest BCUT2D eigenvalue weighted by Crippen LogP contribution is -2.09. The Morgan fingerprint density at radius 3 is 2.93 bits per heavy atom. The van der Waals surface area contributed by atoms with Gasteiger partial charge >= 0.3 is 0 Å². The Morgan fingerprint density at radius 1 is 1.40 bits per heavy atom. The first kappa shape index (κ1) is 10.5. The molecule has 0 aromatic heterocycles. The molecule has 2 rings (SSSR count). The maximum absolute atomic E-state index is 6.14. The molecule has 1 aliphatic heterocycles. The first-order chi connectivity index (χ1) is 7.18. The summed E-state index contributed by atoms with van der Waals surface area (Å²) in [6.07, 6.45) is 2.07. The van der Waals surface area contributed by atoms with Gasteiger partial charge in [0.05, 0.1) is 6.61 Å². The molecule has 0 spiro atoms. The molecule has 0 unspecified atom stereocenters. The van der Waals surface area contributed by atoms with Crippen molar-refractivity contribution in [3.8, 4) is 5.75 Å². The van der Waals surface area contributed by atoms with Gasteiger partial charge in [0.15, 0.2) is 0 Å². The van der Waals surface area contributed by atoms with Gasteiger partial charge in [0.2, 0.25) is 0 Å². The van der Waals surface area contributed by atoms with Crippen LogP contribution in [0.5, 0.6) is 5.75 Å². The summed E-state index contributed by atoms with van der Waals surface area (Å²) in [6.45, 7) is 5.19. The van der Waals surface area contributed by atoms with Gasteiger partial charge in [-0.3, -0.25) is 0 Å². The minimum atomic E-state index is 0.140. The maximum Gasteiger partial charge on any atom is 0.124 e. The molecule has 1 aromatic carbocycles. The second-order valence-electron chi connectivity index (χ2n) is 4.55. The summed E-state index contributed by atoms with van der Waals surface area (Å²) < 4.78 is 5.67. The van der Waals surface area contributed by atoms with Gasteiger partial charge in [-0.25, -0.2) is 0 Å². The third-order valence-corrected chi connectivity index (χ3v) is 3.02. The molecule has 0 amide bonds. The molecule has 15 heavy (non-hydrogen) atoms. The minimum Gasteiger partial charge on any atom is -0.493 e. The molecule has 1 atom stereocenters. The Labute approximate surface area is 91.4 Å². The lowest BCUT2D eigenvalue weighted by atomic mass is 9.96. The Morgan fingerprint density at radius 2 is 2.20 bits per heavy atom. The number of hydrogen-bond donors (Lipinski definition) is 1. The second kappa shape index (κ2) is 4.23. The number of hydrogen-bond acceptors (Lipinski definition) is 2. The summed E-state index contributed by atoms with van der Waals surface area (Å²) in [5, 5.41) is 0. The third kappa shape index (κ3) is 2.15. The molecule has 0 saturated heterocycles. The molecular formula is C13H19NO. The van der Waals surface area contributed by atoms with E-state index >= 15 is 0 Å². The zero-order valence-corrected chi connectivity index (χ0v) is 9.49. The van der Waals surface area contributed by atoms with E-state index in [1.165, 1.54) is 11.1 Å². The monoisotopic (exact) mass is 205 g/mol. The summed E-state index contributed by atoms with van der Waals surface area (Å²) in [4.78, 5) is 0. The van der Waals surface area contributed by atoms with Crippen molar-refractivity contribution in [2.75, 3.05) is 6.61 Å². The van der Waals surface area contributed by atoms with E-state index < -0.39 is 0 Å². The number of ether oxygens (including phenoxy) is 1. The molecule has 0 bridgehead atoms. The summed E-state index contributed by atoms with van der Waals surface area (Å²) in [5.41, 5.74) is 8.66. The van der Waals surface area contributed by atoms with Gasteiger partial charge < -0.3 is 10.5 Å². The molecule has 0 fully saturated rings. The Kier molecular flexibility index (Phi) is 2.96. The quantitative estimate of drug-likeness (QED) is 0.765. The van der Waals surface area contributed by atoms with Crippen molar-refractivity contribution in [2.24, 2.45) is 5.73 Å². The molecule has 1 aromatic rings. The van der Waals surface area contributed by atoms with Crippen LogP contribution in [0.25, 0.3) is 0 Å². The molecule has 2 heteroatoms. The topological polar surface area (TPSA) is 35.2 Å². The van der Waals surface area contributed by atoms with Gasteiger partial charge in [-0.05, 0) is 30.4 Å². The van der Waals surface area contributed by atoms with Gasteiger partial charge in [-0.2, -0.15) is 0 Å². The number of fused-ring (bicyclic) bond motifs is 1. The zero-order chi connectivity index (χ0) is 10.8. The summed E-state index contributed by atoms with van der Waals surface area (Å²) in [7, 11) is 0. The van der Waals surface area contributed by atoms with E-state index in [1.807, 2.05) is 0 Å². The highest BCUT2D eigenvalue weighted by Crippen LogP contribution is 2.32. The SMILES string of the molecule is CC(C)c1ccc2c(c1)[C@H](N)CCCO2. The van der Waals surface area contributed by atoms with Gasteiger partial charge in [-0.15, -0.1) is 0 Å². The van der Waals surface area contributed by atoms with Gasteiger partial charge in [-0.1, -0.05) is 26.0 Å². The van der Waals surface area contributed by atoms with Crippen LogP contribution in [0.3, 0.4) is 0 Å². The van der Waals surface area contributed by atoms with Crippen LogP contribution in [0.15, 0.2) is 18.2 Å². The Balaban J connectivity index is 2.39. The van der Waals surface area contributed by atoms with Gasteiger partial charge in [0, 0.05) is 11.6 Å². The smallest absolute Gasteiger partial charge is 0.124 e. The summed E-state index contributed by atoms with van der Waals surface area (Å²) in [5.74, 6) is 1.52. The molecule has 82 valence electrons. The first-order valence-corrected chi connectivity index (χ1v) is 5.70. The van der Waals surface area contributed by atoms with Gasteiger partial charge in [0.1, 0.15) is 5.75 Å². The summed E-state index contributed by atoms with van der Waals surface area (Å²) >= 11 is 0. The van der Waals surface area contributed by atoms with E-state index in [4.69, 9.17) is 10.5 Å². The van der Waals surface area contributed by atoms with Crippen molar-refractivity contribution >= 4 is 0 Å². The average molecular weight is 205 g/mol. The van der Waals surface area contributed by atoms with E-state index in [0.29, 0.717) is 5.92 Å². The van der Waals surface area contributed by atoms with Crippen molar-refractivity contribution in [1.82, 2.24) is 0 Å². The Bertz CT molecular complexity index is 346. The largest absolute Gasteiger partial charge is 0.493 e. The van der Waals surface area contributed by atoms with E-state index in [0.717, 1.165) is 25.2 Å². The second-order valence-corrected chi connectivity index (χ2v) is 4.55. The lowest BCUT2D eigenvalue weighted by molar-refractivity contribution is 0.316. The normalized spacial score (nSPS) is 20.7. The highest BCUT2D eigenvalue weighted by Gasteiger charge is 2.17. The number of rotatable bonds is 1. The molecule has 2 nitrogen and oxygen atoms in total. The fraction of sp³-hybridized carbons (Fsp3) is 0.538. The van der Waals surface area contributed by atoms with Crippen LogP contribution in [0.1, 0.15) is 49.8 Å². The van der Waals surface area contributed by atoms with Crippen LogP contribution < -0.4 is 10.5 Å². The van der Waals surface area contributed by atoms with E-state index in [-0.39, 0.29) is 6.04 Å². The highest BCUT2D eigenvalue weighted by atomic mass is 16.5. The molecule has 1 heterocycles. The predicted molar refractivity (Wildman–Crippen MR) is 62.2 cm³/mol. The van der Waals surface area contributed by atoms with Gasteiger partial charge in [0.25, 0.3) is 0 Å². The van der Waals surface area contributed by atoms with Crippen LogP contribution in [-0.4, -0.2) is 6.61 Å². The molecule has 1 aliphatic rings. The number of benzene rings is 1. The van der Waals surface area contributed by atoms with E-state index in [1.54, 1.807) is 0 Å². The average Bonchev–Trinajstić information content (AvgIpc) is 2.40. The maximum atomic E-state index is 6.14. The summed E-state index contributed by atoms with van der Waals surface area (Å²) in [6, 6.07) is 6.55. The fourth-order valence-electron chi connectivity index (χ4n) is 1.99. The lowest BCUT2D eigenvalue weighted by Gasteiger charge is -2.14. The molecular weight excluding hydrogens is 186 g/mol. The number of nitrogens with two attached hydrogens (primary N) is 1. The molecule has 0 radical (unpaired) electrons. The van der Waals surface area contributed by atoms with Crippen molar-refractivity contribution in [3.05, 3.63) is 29.3 Å². The minimum absolute atomic E-state index is 0.140. The fourth-order valence-corrected chi connectivity index (χ4v) is 1.99. The van der Waals surface area contributed by atoms with Crippen molar-refractivity contribution < 1.29 is 4.74 Å². The van der Waals surface area contributed by atoms with Crippen LogP contribution in [0, 0.1) is 0 Å².